The van der Waals surface area contributed by atoms with Crippen LogP contribution in [0.2, 0.25) is 5.15 Å². The normalized spacial score (nSPS) is 20.0. The highest BCUT2D eigenvalue weighted by molar-refractivity contribution is 6.29. The van der Waals surface area contributed by atoms with E-state index in [9.17, 15) is 4.79 Å². The number of carbonyl (C=O) groups is 1. The Morgan fingerprint density at radius 3 is 2.61 bits per heavy atom. The molecular weight excluding hydrogens is 314 g/mol. The molecule has 3 N–H and O–H groups in total. The smallest absolute Gasteiger partial charge is 0.223 e. The minimum Gasteiger partial charge on any atom is -0.368 e. The fourth-order valence-corrected chi connectivity index (χ4v) is 3.79. The zero-order chi connectivity index (χ0) is 16.2. The minimum atomic E-state index is 0.194. The van der Waals surface area contributed by atoms with E-state index in [2.05, 4.69) is 20.2 Å². The van der Waals surface area contributed by atoms with Crippen molar-refractivity contribution in [3.63, 3.8) is 0 Å². The van der Waals surface area contributed by atoms with Crippen LogP contribution in [0.3, 0.4) is 0 Å². The molecule has 2 aliphatic rings. The van der Waals surface area contributed by atoms with Crippen LogP contribution in [-0.4, -0.2) is 35.0 Å². The molecule has 2 heterocycles. The number of anilines is 2. The first-order valence-electron chi connectivity index (χ1n) is 8.44. The Hall–Kier alpha value is -1.56. The first-order chi connectivity index (χ1) is 11.1. The van der Waals surface area contributed by atoms with E-state index in [-0.39, 0.29) is 17.9 Å². The molecule has 1 saturated carbocycles. The van der Waals surface area contributed by atoms with Crippen LogP contribution < -0.4 is 16.0 Å². The zero-order valence-corrected chi connectivity index (χ0v) is 14.1. The Bertz CT molecular complexity index is 533. The number of hydrogen-bond donors (Lipinski definition) is 2. The van der Waals surface area contributed by atoms with Gasteiger partial charge in [-0.25, -0.2) is 4.98 Å². The van der Waals surface area contributed by atoms with Gasteiger partial charge in [-0.3, -0.25) is 4.79 Å². The molecule has 2 fully saturated rings. The number of carbonyl (C=O) groups excluding carboxylic acids is 1. The second kappa shape index (κ2) is 7.34. The van der Waals surface area contributed by atoms with Gasteiger partial charge in [-0.2, -0.15) is 4.98 Å². The van der Waals surface area contributed by atoms with Crippen LogP contribution in [0.4, 0.5) is 11.8 Å². The lowest BCUT2D eigenvalue weighted by Crippen LogP contribution is -2.45. The molecule has 0 aromatic carbocycles. The molecule has 1 amide bonds. The first-order valence-corrected chi connectivity index (χ1v) is 8.82. The van der Waals surface area contributed by atoms with Gasteiger partial charge in [-0.05, 0) is 31.6 Å². The monoisotopic (exact) mass is 337 g/mol. The van der Waals surface area contributed by atoms with Crippen molar-refractivity contribution in [1.29, 1.82) is 0 Å². The van der Waals surface area contributed by atoms with Gasteiger partial charge in [0.15, 0.2) is 0 Å². The van der Waals surface area contributed by atoms with Gasteiger partial charge in [-0.15, -0.1) is 0 Å². The third-order valence-corrected chi connectivity index (χ3v) is 5.03. The van der Waals surface area contributed by atoms with Gasteiger partial charge in [0.25, 0.3) is 0 Å². The number of halogens is 1. The SMILES string of the molecule is Nc1nc(Cl)cc(N2CCC(NC(=O)CC3CCCC3)CC2)n1. The summed E-state index contributed by atoms with van der Waals surface area (Å²) < 4.78 is 0. The standard InChI is InChI=1S/C16H24ClN5O/c17-13-10-14(21-16(18)20-13)22-7-5-12(6-8-22)19-15(23)9-11-3-1-2-4-11/h10-12H,1-9H2,(H,19,23)(H2,18,20,21). The molecule has 7 heteroatoms. The highest BCUT2D eigenvalue weighted by Gasteiger charge is 2.24. The number of aromatic nitrogens is 2. The Morgan fingerprint density at radius 1 is 1.26 bits per heavy atom. The number of nitrogens with two attached hydrogens (primary N) is 1. The van der Waals surface area contributed by atoms with Crippen molar-refractivity contribution < 1.29 is 4.79 Å². The average Bonchev–Trinajstić information content (AvgIpc) is 2.99. The van der Waals surface area contributed by atoms with Crippen molar-refractivity contribution in [2.75, 3.05) is 23.7 Å². The molecule has 0 unspecified atom stereocenters. The summed E-state index contributed by atoms with van der Waals surface area (Å²) in [6, 6.07) is 1.99. The Morgan fingerprint density at radius 2 is 1.96 bits per heavy atom. The fourth-order valence-electron chi connectivity index (χ4n) is 3.60. The quantitative estimate of drug-likeness (QED) is 0.824. The summed E-state index contributed by atoms with van der Waals surface area (Å²) in [4.78, 5) is 22.4. The van der Waals surface area contributed by atoms with Crippen LogP contribution in [0, 0.1) is 5.92 Å². The Labute approximate surface area is 141 Å². The molecule has 1 saturated heterocycles. The van der Waals surface area contributed by atoms with Crippen molar-refractivity contribution in [3.8, 4) is 0 Å². The van der Waals surface area contributed by atoms with Gasteiger partial charge in [0.1, 0.15) is 11.0 Å². The molecule has 0 radical (unpaired) electrons. The molecule has 1 aromatic rings. The second-order valence-corrected chi connectivity index (χ2v) is 6.98. The minimum absolute atomic E-state index is 0.194. The summed E-state index contributed by atoms with van der Waals surface area (Å²) in [5, 5.41) is 3.55. The number of rotatable bonds is 4. The third-order valence-electron chi connectivity index (χ3n) is 4.83. The number of nitrogens with zero attached hydrogens (tertiary/aromatic N) is 3. The predicted molar refractivity (Wildman–Crippen MR) is 91.4 cm³/mol. The van der Waals surface area contributed by atoms with Crippen molar-refractivity contribution >= 4 is 29.3 Å². The van der Waals surface area contributed by atoms with E-state index in [4.69, 9.17) is 17.3 Å². The van der Waals surface area contributed by atoms with Gasteiger partial charge in [-0.1, -0.05) is 24.4 Å². The number of nitrogens with one attached hydrogen (secondary N) is 1. The van der Waals surface area contributed by atoms with Crippen LogP contribution in [0.1, 0.15) is 44.9 Å². The van der Waals surface area contributed by atoms with E-state index in [0.717, 1.165) is 31.7 Å². The molecule has 1 aromatic heterocycles. The molecule has 1 aliphatic heterocycles. The summed E-state index contributed by atoms with van der Waals surface area (Å²) in [6.07, 6.45) is 7.50. The maximum absolute atomic E-state index is 12.1. The number of nitrogen functional groups attached to an aromatic ring is 1. The molecule has 0 spiro atoms. The van der Waals surface area contributed by atoms with Crippen molar-refractivity contribution in [1.82, 2.24) is 15.3 Å². The van der Waals surface area contributed by atoms with Crippen LogP contribution in [0.15, 0.2) is 6.07 Å². The molecule has 3 rings (SSSR count). The Kier molecular flexibility index (Phi) is 5.20. The molecule has 6 nitrogen and oxygen atoms in total. The van der Waals surface area contributed by atoms with E-state index < -0.39 is 0 Å². The maximum Gasteiger partial charge on any atom is 0.223 e. The Balaban J connectivity index is 1.47. The van der Waals surface area contributed by atoms with Gasteiger partial charge >= 0.3 is 0 Å². The van der Waals surface area contributed by atoms with E-state index in [1.165, 1.54) is 25.7 Å². The number of hydrogen-bond acceptors (Lipinski definition) is 5. The molecule has 0 atom stereocenters. The van der Waals surface area contributed by atoms with Crippen LogP contribution in [0.5, 0.6) is 0 Å². The third kappa shape index (κ3) is 4.47. The van der Waals surface area contributed by atoms with Gasteiger partial charge in [0.2, 0.25) is 11.9 Å². The highest BCUT2D eigenvalue weighted by atomic mass is 35.5. The van der Waals surface area contributed by atoms with E-state index in [1.807, 2.05) is 0 Å². The molecule has 126 valence electrons. The molecular formula is C16H24ClN5O. The number of amides is 1. The van der Waals surface area contributed by atoms with Crippen molar-refractivity contribution in [2.24, 2.45) is 5.92 Å². The van der Waals surface area contributed by atoms with Gasteiger partial charge < -0.3 is 16.0 Å². The summed E-state index contributed by atoms with van der Waals surface area (Å²) in [7, 11) is 0. The predicted octanol–water partition coefficient (Wildman–Crippen LogP) is 2.38. The highest BCUT2D eigenvalue weighted by Crippen LogP contribution is 2.27. The lowest BCUT2D eigenvalue weighted by Gasteiger charge is -2.33. The van der Waals surface area contributed by atoms with Crippen molar-refractivity contribution in [3.05, 3.63) is 11.2 Å². The fraction of sp³-hybridized carbons (Fsp3) is 0.688. The molecule has 23 heavy (non-hydrogen) atoms. The van der Waals surface area contributed by atoms with E-state index >= 15 is 0 Å². The van der Waals surface area contributed by atoms with Gasteiger partial charge in [0.05, 0.1) is 0 Å². The van der Waals surface area contributed by atoms with Crippen LogP contribution in [-0.2, 0) is 4.79 Å². The summed E-state index contributed by atoms with van der Waals surface area (Å²) in [5.74, 6) is 1.77. The largest absolute Gasteiger partial charge is 0.368 e. The molecule has 1 aliphatic carbocycles. The summed E-state index contributed by atoms with van der Waals surface area (Å²) >= 11 is 5.93. The lowest BCUT2D eigenvalue weighted by atomic mass is 10.0. The number of piperidine rings is 1. The topological polar surface area (TPSA) is 84.1 Å². The van der Waals surface area contributed by atoms with Crippen LogP contribution >= 0.6 is 11.6 Å². The van der Waals surface area contributed by atoms with Crippen LogP contribution in [0.25, 0.3) is 0 Å². The van der Waals surface area contributed by atoms with E-state index in [0.29, 0.717) is 17.5 Å². The zero-order valence-electron chi connectivity index (χ0n) is 13.3. The summed E-state index contributed by atoms with van der Waals surface area (Å²) in [6.45, 7) is 1.67. The summed E-state index contributed by atoms with van der Waals surface area (Å²) in [5.41, 5.74) is 5.65. The average molecular weight is 338 g/mol. The second-order valence-electron chi connectivity index (χ2n) is 6.59. The first kappa shape index (κ1) is 16.3. The lowest BCUT2D eigenvalue weighted by molar-refractivity contribution is -0.122. The van der Waals surface area contributed by atoms with Crippen molar-refractivity contribution in [2.45, 2.75) is 51.0 Å². The van der Waals surface area contributed by atoms with Gasteiger partial charge in [0, 0.05) is 31.6 Å². The molecule has 0 bridgehead atoms. The maximum atomic E-state index is 12.1. The van der Waals surface area contributed by atoms with E-state index in [1.54, 1.807) is 6.07 Å².